The number of piperazine rings is 1. The summed E-state index contributed by atoms with van der Waals surface area (Å²) < 4.78 is 90.6. The number of halogens is 9. The number of benzene rings is 1. The Morgan fingerprint density at radius 3 is 2.08 bits per heavy atom. The zero-order chi connectivity index (χ0) is 18.0. The Balaban J connectivity index is 0.00000312. The van der Waals surface area contributed by atoms with Gasteiger partial charge in [-0.2, -0.15) is 26.3 Å². The molecule has 2 rings (SSSR count). The van der Waals surface area contributed by atoms with E-state index in [9.17, 15) is 30.7 Å². The molecular weight excluding hydrogens is 412 g/mol. The van der Waals surface area contributed by atoms with Gasteiger partial charge in [0, 0.05) is 44.2 Å². The van der Waals surface area contributed by atoms with Crippen molar-refractivity contribution in [3.63, 3.8) is 0 Å². The molecule has 26 heavy (non-hydrogen) atoms. The first-order valence-electron chi connectivity index (χ1n) is 7.47. The van der Waals surface area contributed by atoms with E-state index in [1.165, 1.54) is 0 Å². The van der Waals surface area contributed by atoms with Crippen LogP contribution in [-0.4, -0.2) is 37.3 Å². The topological polar surface area (TPSA) is 15.3 Å². The molecule has 0 saturated carbocycles. The summed E-state index contributed by atoms with van der Waals surface area (Å²) in [5.41, 5.74) is -1.79. The van der Waals surface area contributed by atoms with E-state index in [1.54, 1.807) is 4.90 Å². The minimum absolute atomic E-state index is 0. The molecular formula is C15H19Cl2F7N2. The van der Waals surface area contributed by atoms with E-state index in [0.717, 1.165) is 12.1 Å². The van der Waals surface area contributed by atoms with Crippen LogP contribution in [0.1, 0.15) is 30.0 Å². The van der Waals surface area contributed by atoms with Gasteiger partial charge < -0.3 is 5.32 Å². The van der Waals surface area contributed by atoms with Crippen LogP contribution in [0.3, 0.4) is 0 Å². The predicted octanol–water partition coefficient (Wildman–Crippen LogP) is 4.98. The molecule has 1 aromatic rings. The first-order chi connectivity index (χ1) is 11.1. The average molecular weight is 431 g/mol. The van der Waals surface area contributed by atoms with Crippen LogP contribution < -0.4 is 5.32 Å². The van der Waals surface area contributed by atoms with Gasteiger partial charge in [0.1, 0.15) is 5.82 Å². The van der Waals surface area contributed by atoms with Crippen LogP contribution in [0.4, 0.5) is 30.7 Å². The van der Waals surface area contributed by atoms with Crippen molar-refractivity contribution in [2.75, 3.05) is 26.2 Å². The summed E-state index contributed by atoms with van der Waals surface area (Å²) in [6.07, 6.45) is -11.0. The molecule has 1 aliphatic rings. The van der Waals surface area contributed by atoms with Crippen molar-refractivity contribution in [3.05, 3.63) is 35.1 Å². The van der Waals surface area contributed by atoms with Gasteiger partial charge in [-0.05, 0) is 12.5 Å². The van der Waals surface area contributed by atoms with Gasteiger partial charge in [-0.15, -0.1) is 24.8 Å². The Labute approximate surface area is 158 Å². The summed E-state index contributed by atoms with van der Waals surface area (Å²) in [4.78, 5) is 1.60. The second-order valence-corrected chi connectivity index (χ2v) is 5.66. The van der Waals surface area contributed by atoms with Crippen LogP contribution in [-0.2, 0) is 6.18 Å². The lowest BCUT2D eigenvalue weighted by molar-refractivity contribution is -0.141. The van der Waals surface area contributed by atoms with Crippen molar-refractivity contribution in [2.45, 2.75) is 31.2 Å². The molecule has 0 unspecified atom stereocenters. The molecule has 1 aromatic carbocycles. The van der Waals surface area contributed by atoms with E-state index >= 15 is 0 Å². The molecule has 0 radical (unpaired) electrons. The molecule has 1 aliphatic heterocycles. The van der Waals surface area contributed by atoms with Crippen LogP contribution in [0.5, 0.6) is 0 Å². The van der Waals surface area contributed by atoms with Gasteiger partial charge in [0.2, 0.25) is 0 Å². The fraction of sp³-hybridized carbons (Fsp3) is 0.600. The Bertz CT molecular complexity index is 558. The van der Waals surface area contributed by atoms with Crippen molar-refractivity contribution < 1.29 is 30.7 Å². The van der Waals surface area contributed by atoms with Crippen LogP contribution in [0.15, 0.2) is 18.2 Å². The fourth-order valence-corrected chi connectivity index (χ4v) is 2.86. The van der Waals surface area contributed by atoms with Crippen molar-refractivity contribution in [3.8, 4) is 0 Å². The summed E-state index contributed by atoms with van der Waals surface area (Å²) in [5, 5.41) is 3.01. The molecule has 152 valence electrons. The monoisotopic (exact) mass is 430 g/mol. The van der Waals surface area contributed by atoms with Crippen LogP contribution in [0.2, 0.25) is 0 Å². The number of rotatable bonds is 4. The Hall–Kier alpha value is -0.770. The van der Waals surface area contributed by atoms with Crippen molar-refractivity contribution in [1.29, 1.82) is 0 Å². The lowest BCUT2D eigenvalue weighted by Crippen LogP contribution is -2.45. The van der Waals surface area contributed by atoms with Gasteiger partial charge in [-0.3, -0.25) is 4.90 Å². The Kier molecular flexibility index (Phi) is 9.67. The summed E-state index contributed by atoms with van der Waals surface area (Å²) in [7, 11) is 0. The molecule has 0 bridgehead atoms. The average Bonchev–Trinajstić information content (AvgIpc) is 2.48. The van der Waals surface area contributed by atoms with E-state index in [1.807, 2.05) is 0 Å². The Morgan fingerprint density at radius 2 is 1.58 bits per heavy atom. The van der Waals surface area contributed by atoms with E-state index in [4.69, 9.17) is 0 Å². The molecule has 0 spiro atoms. The zero-order valence-corrected chi connectivity index (χ0v) is 15.1. The molecule has 1 atom stereocenters. The highest BCUT2D eigenvalue weighted by Crippen LogP contribution is 2.38. The maximum absolute atomic E-state index is 14.3. The van der Waals surface area contributed by atoms with Crippen LogP contribution in [0.25, 0.3) is 0 Å². The Morgan fingerprint density at radius 1 is 1.00 bits per heavy atom. The minimum Gasteiger partial charge on any atom is -0.314 e. The van der Waals surface area contributed by atoms with Crippen molar-refractivity contribution >= 4 is 24.8 Å². The number of nitrogens with one attached hydrogen (secondary N) is 1. The fourth-order valence-electron chi connectivity index (χ4n) is 2.86. The van der Waals surface area contributed by atoms with Crippen molar-refractivity contribution in [2.24, 2.45) is 0 Å². The number of hydrogen-bond donors (Lipinski definition) is 1. The number of alkyl halides is 6. The number of hydrogen-bond acceptors (Lipinski definition) is 2. The summed E-state index contributed by atoms with van der Waals surface area (Å²) in [5.74, 6) is -1.49. The van der Waals surface area contributed by atoms with Gasteiger partial charge in [0.25, 0.3) is 0 Å². The van der Waals surface area contributed by atoms with E-state index in [-0.39, 0.29) is 30.4 Å². The molecule has 11 heteroatoms. The van der Waals surface area contributed by atoms with Gasteiger partial charge in [-0.25, -0.2) is 4.39 Å². The third-order valence-corrected chi connectivity index (χ3v) is 3.99. The van der Waals surface area contributed by atoms with E-state index in [0.29, 0.717) is 32.2 Å². The highest BCUT2D eigenvalue weighted by Gasteiger charge is 2.38. The van der Waals surface area contributed by atoms with Crippen LogP contribution >= 0.6 is 24.8 Å². The molecule has 1 saturated heterocycles. The van der Waals surface area contributed by atoms with E-state index in [2.05, 4.69) is 5.32 Å². The number of nitrogens with zero attached hydrogens (tertiary/aromatic N) is 1. The first kappa shape index (κ1) is 25.2. The normalized spacial score (nSPS) is 17.2. The smallest absolute Gasteiger partial charge is 0.314 e. The van der Waals surface area contributed by atoms with Crippen LogP contribution in [0, 0.1) is 5.82 Å². The quantitative estimate of drug-likeness (QED) is 0.677. The van der Waals surface area contributed by atoms with Gasteiger partial charge in [0.05, 0.1) is 5.56 Å². The van der Waals surface area contributed by atoms with E-state index < -0.39 is 42.6 Å². The molecule has 1 heterocycles. The maximum atomic E-state index is 14.3. The van der Waals surface area contributed by atoms with Gasteiger partial charge in [0.15, 0.2) is 0 Å². The molecule has 2 nitrogen and oxygen atoms in total. The molecule has 1 N–H and O–H groups in total. The lowest BCUT2D eigenvalue weighted by Gasteiger charge is -2.36. The zero-order valence-electron chi connectivity index (χ0n) is 13.5. The largest absolute Gasteiger partial charge is 0.419 e. The SMILES string of the molecule is Cl.Cl.Fc1c([C@H](CCC(F)(F)F)N2CCNCC2)cccc1C(F)(F)F. The van der Waals surface area contributed by atoms with Gasteiger partial charge >= 0.3 is 12.4 Å². The van der Waals surface area contributed by atoms with Crippen molar-refractivity contribution in [1.82, 2.24) is 10.2 Å². The summed E-state index contributed by atoms with van der Waals surface area (Å²) >= 11 is 0. The highest BCUT2D eigenvalue weighted by atomic mass is 35.5. The van der Waals surface area contributed by atoms with Gasteiger partial charge in [-0.1, -0.05) is 12.1 Å². The lowest BCUT2D eigenvalue weighted by atomic mass is 9.96. The highest BCUT2D eigenvalue weighted by molar-refractivity contribution is 5.85. The summed E-state index contributed by atoms with van der Waals surface area (Å²) in [6, 6.07) is 1.71. The molecule has 0 aromatic heterocycles. The standard InChI is InChI=1S/C15H17F7N2.2ClH/c16-13-10(2-1-3-11(13)15(20,21)22)12(4-5-14(17,18)19)24-8-6-23-7-9-24;;/h1-3,12,23H,4-9H2;2*1H/t12-;;/m0../s1. The summed E-state index contributed by atoms with van der Waals surface area (Å²) in [6.45, 7) is 1.67. The molecule has 0 amide bonds. The third kappa shape index (κ3) is 6.75. The molecule has 0 aliphatic carbocycles. The first-order valence-corrected chi connectivity index (χ1v) is 7.47. The maximum Gasteiger partial charge on any atom is 0.419 e. The minimum atomic E-state index is -4.89. The second-order valence-electron chi connectivity index (χ2n) is 5.66. The molecule has 1 fully saturated rings. The predicted molar refractivity (Wildman–Crippen MR) is 88.4 cm³/mol. The second kappa shape index (κ2) is 9.96. The third-order valence-electron chi connectivity index (χ3n) is 3.99.